The Morgan fingerprint density at radius 3 is 2.71 bits per heavy atom. The van der Waals surface area contributed by atoms with Gasteiger partial charge in [-0.2, -0.15) is 11.8 Å². The topological polar surface area (TPSA) is 0 Å². The van der Waals surface area contributed by atoms with Gasteiger partial charge in [-0.05, 0) is 47.3 Å². The number of hydrogen-bond acceptors (Lipinski definition) is 1. The number of thioether (sulfide) groups is 1. The highest BCUT2D eigenvalue weighted by atomic mass is 32.2. The van der Waals surface area contributed by atoms with Crippen LogP contribution in [0.5, 0.6) is 0 Å². The molecule has 2 rings (SSSR count). The highest BCUT2D eigenvalue weighted by molar-refractivity contribution is 7.98. The minimum Gasteiger partial charge on any atom is -0.165 e. The van der Waals surface area contributed by atoms with Gasteiger partial charge in [0.25, 0.3) is 0 Å². The molecule has 0 nitrogen and oxygen atoms in total. The van der Waals surface area contributed by atoms with Crippen LogP contribution in [0.3, 0.4) is 0 Å². The van der Waals surface area contributed by atoms with Crippen LogP contribution < -0.4 is 10.4 Å². The summed E-state index contributed by atoms with van der Waals surface area (Å²) < 4.78 is 0. The van der Waals surface area contributed by atoms with E-state index in [-0.39, 0.29) is 0 Å². The maximum absolute atomic E-state index is 2.36. The molecule has 0 atom stereocenters. The minimum absolute atomic E-state index is 1.20. The van der Waals surface area contributed by atoms with Crippen molar-refractivity contribution >= 4 is 23.9 Å². The van der Waals surface area contributed by atoms with E-state index in [4.69, 9.17) is 0 Å². The highest BCUT2D eigenvalue weighted by Crippen LogP contribution is 2.02. The maximum atomic E-state index is 2.36. The molecule has 0 fully saturated rings. The largest absolute Gasteiger partial charge is 0.165 e. The van der Waals surface area contributed by atoms with E-state index in [1.165, 1.54) is 41.0 Å². The summed E-state index contributed by atoms with van der Waals surface area (Å²) in [6.45, 7) is 0. The molecule has 0 heterocycles. The van der Waals surface area contributed by atoms with Gasteiger partial charge in [-0.25, -0.2) is 0 Å². The third kappa shape index (κ3) is 2.21. The lowest BCUT2D eigenvalue weighted by Crippen LogP contribution is -2.26. The van der Waals surface area contributed by atoms with Crippen LogP contribution in [0.4, 0.5) is 0 Å². The second kappa shape index (κ2) is 4.70. The van der Waals surface area contributed by atoms with Crippen molar-refractivity contribution in [1.29, 1.82) is 0 Å². The zero-order chi connectivity index (χ0) is 9.80. The number of fused-ring (bicyclic) bond motifs is 1. The SMILES string of the molecule is CSCCc1ccc2c(c1)=CCCC=2. The molecular weight excluding hydrogens is 188 g/mol. The van der Waals surface area contributed by atoms with Gasteiger partial charge in [0.1, 0.15) is 0 Å². The van der Waals surface area contributed by atoms with Gasteiger partial charge in [-0.15, -0.1) is 0 Å². The number of hydrogen-bond donors (Lipinski definition) is 0. The normalized spacial score (nSPS) is 14.1. The molecule has 0 unspecified atom stereocenters. The number of benzene rings is 1. The lowest BCUT2D eigenvalue weighted by Gasteiger charge is -2.03. The Morgan fingerprint density at radius 2 is 1.93 bits per heavy atom. The Hall–Kier alpha value is -0.690. The van der Waals surface area contributed by atoms with Gasteiger partial charge in [0.05, 0.1) is 0 Å². The van der Waals surface area contributed by atoms with Gasteiger partial charge in [0, 0.05) is 0 Å². The van der Waals surface area contributed by atoms with E-state index in [2.05, 4.69) is 36.6 Å². The van der Waals surface area contributed by atoms with Crippen LogP contribution in [-0.2, 0) is 6.42 Å². The predicted molar refractivity (Wildman–Crippen MR) is 65.9 cm³/mol. The summed E-state index contributed by atoms with van der Waals surface area (Å²) >= 11 is 1.92. The molecule has 14 heavy (non-hydrogen) atoms. The van der Waals surface area contributed by atoms with Gasteiger partial charge in [-0.1, -0.05) is 30.4 Å². The summed E-state index contributed by atoms with van der Waals surface area (Å²) in [6, 6.07) is 6.88. The van der Waals surface area contributed by atoms with Crippen molar-refractivity contribution in [3.05, 3.63) is 34.2 Å². The molecule has 0 N–H and O–H groups in total. The Balaban J connectivity index is 2.30. The summed E-state index contributed by atoms with van der Waals surface area (Å²) in [5, 5.41) is 2.86. The van der Waals surface area contributed by atoms with E-state index in [9.17, 15) is 0 Å². The first-order valence-electron chi connectivity index (χ1n) is 5.18. The average molecular weight is 204 g/mol. The van der Waals surface area contributed by atoms with Crippen molar-refractivity contribution in [2.24, 2.45) is 0 Å². The van der Waals surface area contributed by atoms with Gasteiger partial charge < -0.3 is 0 Å². The van der Waals surface area contributed by atoms with Crippen LogP contribution in [-0.4, -0.2) is 12.0 Å². The zero-order valence-electron chi connectivity index (χ0n) is 8.62. The summed E-state index contributed by atoms with van der Waals surface area (Å²) in [4.78, 5) is 0. The molecule has 0 saturated carbocycles. The van der Waals surface area contributed by atoms with Crippen LogP contribution in [0.25, 0.3) is 12.2 Å². The van der Waals surface area contributed by atoms with E-state index in [0.29, 0.717) is 0 Å². The fraction of sp³-hybridized carbons (Fsp3) is 0.385. The lowest BCUT2D eigenvalue weighted by atomic mass is 10.0. The highest BCUT2D eigenvalue weighted by Gasteiger charge is 1.96. The van der Waals surface area contributed by atoms with Gasteiger partial charge in [0.2, 0.25) is 0 Å². The molecule has 0 spiro atoms. The van der Waals surface area contributed by atoms with Crippen LogP contribution in [0.2, 0.25) is 0 Å². The third-order valence-electron chi connectivity index (χ3n) is 2.64. The van der Waals surface area contributed by atoms with Gasteiger partial charge in [0.15, 0.2) is 0 Å². The molecular formula is C13H16S. The summed E-state index contributed by atoms with van der Waals surface area (Å²) in [5.41, 5.74) is 1.48. The fourth-order valence-electron chi connectivity index (χ4n) is 1.84. The molecule has 0 amide bonds. The summed E-state index contributed by atoms with van der Waals surface area (Å²) in [6.07, 6.45) is 10.5. The summed E-state index contributed by atoms with van der Waals surface area (Å²) in [7, 11) is 0. The van der Waals surface area contributed by atoms with Crippen molar-refractivity contribution in [3.63, 3.8) is 0 Å². The Bertz CT molecular complexity index is 417. The molecule has 74 valence electrons. The van der Waals surface area contributed by atoms with Crippen molar-refractivity contribution in [3.8, 4) is 0 Å². The molecule has 1 aromatic carbocycles. The lowest BCUT2D eigenvalue weighted by molar-refractivity contribution is 1.10. The average Bonchev–Trinajstić information content (AvgIpc) is 2.26. The molecule has 1 aliphatic rings. The molecule has 1 heteroatoms. The Kier molecular flexibility index (Phi) is 3.30. The quantitative estimate of drug-likeness (QED) is 0.725. The molecule has 0 aromatic heterocycles. The number of rotatable bonds is 3. The first kappa shape index (κ1) is 9.85. The van der Waals surface area contributed by atoms with Crippen LogP contribution in [0.15, 0.2) is 18.2 Å². The zero-order valence-corrected chi connectivity index (χ0v) is 9.44. The standard InChI is InChI=1S/C13H16S/c1-14-9-8-11-6-7-12-4-2-3-5-13(12)10-11/h4-7,10H,2-3,8-9H2,1H3. The Labute approximate surface area is 89.7 Å². The first-order chi connectivity index (χ1) is 6.90. The molecule has 0 saturated heterocycles. The van der Waals surface area contributed by atoms with E-state index in [1.54, 1.807) is 0 Å². The van der Waals surface area contributed by atoms with Crippen LogP contribution in [0, 0.1) is 0 Å². The third-order valence-corrected chi connectivity index (χ3v) is 3.25. The number of aryl methyl sites for hydroxylation is 1. The molecule has 1 aromatic rings. The fourth-order valence-corrected chi connectivity index (χ4v) is 2.28. The smallest absolute Gasteiger partial charge is 0.00298 e. The van der Waals surface area contributed by atoms with Gasteiger partial charge in [-0.3, -0.25) is 0 Å². The maximum Gasteiger partial charge on any atom is -0.00298 e. The van der Waals surface area contributed by atoms with E-state index < -0.39 is 0 Å². The molecule has 1 aliphatic carbocycles. The molecule has 0 bridgehead atoms. The van der Waals surface area contributed by atoms with Crippen molar-refractivity contribution in [1.82, 2.24) is 0 Å². The second-order valence-corrected chi connectivity index (χ2v) is 4.68. The molecule has 0 radical (unpaired) electrons. The summed E-state index contributed by atoms with van der Waals surface area (Å²) in [5.74, 6) is 1.22. The second-order valence-electron chi connectivity index (χ2n) is 3.69. The van der Waals surface area contributed by atoms with Crippen LogP contribution >= 0.6 is 11.8 Å². The van der Waals surface area contributed by atoms with Gasteiger partial charge >= 0.3 is 0 Å². The van der Waals surface area contributed by atoms with E-state index in [1.807, 2.05) is 11.8 Å². The van der Waals surface area contributed by atoms with Crippen molar-refractivity contribution in [2.45, 2.75) is 19.3 Å². The molecule has 0 aliphatic heterocycles. The van der Waals surface area contributed by atoms with Crippen molar-refractivity contribution < 1.29 is 0 Å². The Morgan fingerprint density at radius 1 is 1.14 bits per heavy atom. The first-order valence-corrected chi connectivity index (χ1v) is 6.58. The monoisotopic (exact) mass is 204 g/mol. The van der Waals surface area contributed by atoms with Crippen molar-refractivity contribution in [2.75, 3.05) is 12.0 Å². The van der Waals surface area contributed by atoms with E-state index >= 15 is 0 Å². The minimum atomic E-state index is 1.20. The van der Waals surface area contributed by atoms with E-state index in [0.717, 1.165) is 0 Å². The van der Waals surface area contributed by atoms with Crippen LogP contribution in [0.1, 0.15) is 18.4 Å². The predicted octanol–water partition coefficient (Wildman–Crippen LogP) is 1.95.